The van der Waals surface area contributed by atoms with Crippen molar-refractivity contribution >= 4 is 0 Å². The Hall–Kier alpha value is -1.10. The second kappa shape index (κ2) is 8.37. The molecule has 1 aliphatic heterocycles. The SMILES string of the molecule is CCCOc1ccc(C2C(CN)OCCN2CCC)cc1. The highest BCUT2D eigenvalue weighted by molar-refractivity contribution is 5.30. The molecule has 118 valence electrons. The molecule has 4 nitrogen and oxygen atoms in total. The molecule has 0 amide bonds. The molecule has 1 aliphatic rings. The average molecular weight is 292 g/mol. The zero-order chi connectivity index (χ0) is 15.1. The fourth-order valence-corrected chi connectivity index (χ4v) is 2.93. The summed E-state index contributed by atoms with van der Waals surface area (Å²) in [5, 5.41) is 0. The van der Waals surface area contributed by atoms with Gasteiger partial charge in [-0.2, -0.15) is 0 Å². The molecule has 1 aromatic carbocycles. The molecule has 0 radical (unpaired) electrons. The van der Waals surface area contributed by atoms with E-state index in [1.165, 1.54) is 5.56 Å². The highest BCUT2D eigenvalue weighted by Gasteiger charge is 2.32. The molecule has 0 aliphatic carbocycles. The summed E-state index contributed by atoms with van der Waals surface area (Å²) in [4.78, 5) is 2.49. The van der Waals surface area contributed by atoms with Gasteiger partial charge >= 0.3 is 0 Å². The van der Waals surface area contributed by atoms with Crippen LogP contribution in [0.15, 0.2) is 24.3 Å². The van der Waals surface area contributed by atoms with E-state index in [9.17, 15) is 0 Å². The van der Waals surface area contributed by atoms with Crippen LogP contribution in [0, 0.1) is 0 Å². The van der Waals surface area contributed by atoms with Crippen LogP contribution in [0.4, 0.5) is 0 Å². The van der Waals surface area contributed by atoms with E-state index >= 15 is 0 Å². The highest BCUT2D eigenvalue weighted by Crippen LogP contribution is 2.30. The van der Waals surface area contributed by atoms with Gasteiger partial charge in [0.25, 0.3) is 0 Å². The molecular weight excluding hydrogens is 264 g/mol. The smallest absolute Gasteiger partial charge is 0.119 e. The summed E-state index contributed by atoms with van der Waals surface area (Å²) in [5.74, 6) is 0.934. The Morgan fingerprint density at radius 2 is 2.00 bits per heavy atom. The van der Waals surface area contributed by atoms with Gasteiger partial charge in [0, 0.05) is 13.1 Å². The second-order valence-corrected chi connectivity index (χ2v) is 5.54. The molecule has 2 atom stereocenters. The Labute approximate surface area is 128 Å². The standard InChI is InChI=1S/C17H28N2O2/c1-3-9-19-10-12-21-16(13-18)17(19)14-5-7-15(8-6-14)20-11-4-2/h5-8,16-17H,3-4,9-13,18H2,1-2H3. The molecule has 0 aromatic heterocycles. The molecule has 0 spiro atoms. The Kier molecular flexibility index (Phi) is 6.49. The quantitative estimate of drug-likeness (QED) is 0.839. The van der Waals surface area contributed by atoms with E-state index in [4.69, 9.17) is 15.2 Å². The molecule has 1 aromatic rings. The van der Waals surface area contributed by atoms with Crippen molar-refractivity contribution in [1.82, 2.24) is 4.90 Å². The molecule has 1 fully saturated rings. The fourth-order valence-electron chi connectivity index (χ4n) is 2.93. The third-order valence-electron chi connectivity index (χ3n) is 3.89. The molecule has 0 saturated carbocycles. The number of rotatable bonds is 7. The first kappa shape index (κ1) is 16.3. The Morgan fingerprint density at radius 3 is 2.62 bits per heavy atom. The minimum absolute atomic E-state index is 0.0766. The van der Waals surface area contributed by atoms with Gasteiger partial charge in [0.2, 0.25) is 0 Å². The maximum atomic E-state index is 5.91. The predicted molar refractivity (Wildman–Crippen MR) is 85.6 cm³/mol. The number of nitrogens with zero attached hydrogens (tertiary/aromatic N) is 1. The third kappa shape index (κ3) is 4.19. The maximum Gasteiger partial charge on any atom is 0.119 e. The summed E-state index contributed by atoms with van der Waals surface area (Å²) in [7, 11) is 0. The number of benzene rings is 1. The van der Waals surface area contributed by atoms with Crippen molar-refractivity contribution < 1.29 is 9.47 Å². The van der Waals surface area contributed by atoms with Crippen molar-refractivity contribution in [3.8, 4) is 5.75 Å². The maximum absolute atomic E-state index is 5.91. The first-order chi connectivity index (χ1) is 10.3. The largest absolute Gasteiger partial charge is 0.494 e. The Morgan fingerprint density at radius 1 is 1.24 bits per heavy atom. The van der Waals surface area contributed by atoms with E-state index in [1.807, 2.05) is 0 Å². The van der Waals surface area contributed by atoms with Gasteiger partial charge in [-0.15, -0.1) is 0 Å². The normalized spacial score (nSPS) is 23.2. The number of hydrogen-bond donors (Lipinski definition) is 1. The van der Waals surface area contributed by atoms with Gasteiger partial charge in [-0.25, -0.2) is 0 Å². The molecule has 2 rings (SSSR count). The zero-order valence-corrected chi connectivity index (χ0v) is 13.3. The van der Waals surface area contributed by atoms with Crippen molar-refractivity contribution in [1.29, 1.82) is 0 Å². The minimum Gasteiger partial charge on any atom is -0.494 e. The molecule has 4 heteroatoms. The van der Waals surface area contributed by atoms with Crippen molar-refractivity contribution in [2.75, 3.05) is 32.8 Å². The number of nitrogens with two attached hydrogens (primary N) is 1. The summed E-state index contributed by atoms with van der Waals surface area (Å²) in [5.41, 5.74) is 7.17. The highest BCUT2D eigenvalue weighted by atomic mass is 16.5. The molecule has 1 saturated heterocycles. The summed E-state index contributed by atoms with van der Waals surface area (Å²) >= 11 is 0. The van der Waals surface area contributed by atoms with E-state index in [2.05, 4.69) is 43.0 Å². The molecular formula is C17H28N2O2. The van der Waals surface area contributed by atoms with E-state index in [1.54, 1.807) is 0 Å². The van der Waals surface area contributed by atoms with Crippen LogP contribution < -0.4 is 10.5 Å². The zero-order valence-electron chi connectivity index (χ0n) is 13.3. The van der Waals surface area contributed by atoms with E-state index in [0.717, 1.165) is 44.9 Å². The first-order valence-electron chi connectivity index (χ1n) is 8.08. The van der Waals surface area contributed by atoms with Crippen LogP contribution in [0.1, 0.15) is 38.3 Å². The summed E-state index contributed by atoms with van der Waals surface area (Å²) in [6.07, 6.45) is 2.25. The van der Waals surface area contributed by atoms with Crippen molar-refractivity contribution in [3.05, 3.63) is 29.8 Å². The van der Waals surface area contributed by atoms with E-state index < -0.39 is 0 Å². The summed E-state index contributed by atoms with van der Waals surface area (Å²) in [6.45, 7) is 8.48. The number of hydrogen-bond acceptors (Lipinski definition) is 4. The lowest BCUT2D eigenvalue weighted by molar-refractivity contribution is -0.0676. The average Bonchev–Trinajstić information content (AvgIpc) is 2.53. The fraction of sp³-hybridized carbons (Fsp3) is 0.647. The lowest BCUT2D eigenvalue weighted by atomic mass is 9.97. The van der Waals surface area contributed by atoms with Gasteiger partial charge in [0.15, 0.2) is 0 Å². The van der Waals surface area contributed by atoms with Gasteiger partial charge in [-0.05, 0) is 37.1 Å². The third-order valence-corrected chi connectivity index (χ3v) is 3.89. The monoisotopic (exact) mass is 292 g/mol. The van der Waals surface area contributed by atoms with Crippen molar-refractivity contribution in [2.45, 2.75) is 38.8 Å². The van der Waals surface area contributed by atoms with Gasteiger partial charge in [-0.3, -0.25) is 4.90 Å². The molecule has 1 heterocycles. The second-order valence-electron chi connectivity index (χ2n) is 5.54. The van der Waals surface area contributed by atoms with Crippen LogP contribution in [-0.4, -0.2) is 43.9 Å². The summed E-state index contributed by atoms with van der Waals surface area (Å²) < 4.78 is 11.5. The van der Waals surface area contributed by atoms with Gasteiger partial charge in [0.1, 0.15) is 5.75 Å². The molecule has 0 bridgehead atoms. The Bertz CT molecular complexity index is 406. The van der Waals surface area contributed by atoms with Crippen molar-refractivity contribution in [3.63, 3.8) is 0 Å². The number of morpholine rings is 1. The van der Waals surface area contributed by atoms with Gasteiger partial charge in [0.05, 0.1) is 25.4 Å². The van der Waals surface area contributed by atoms with E-state index in [0.29, 0.717) is 6.54 Å². The van der Waals surface area contributed by atoms with Gasteiger partial charge < -0.3 is 15.2 Å². The summed E-state index contributed by atoms with van der Waals surface area (Å²) in [6, 6.07) is 8.66. The van der Waals surface area contributed by atoms with Crippen LogP contribution in [0.25, 0.3) is 0 Å². The Balaban J connectivity index is 2.14. The van der Waals surface area contributed by atoms with Crippen LogP contribution in [-0.2, 0) is 4.74 Å². The van der Waals surface area contributed by atoms with Crippen LogP contribution in [0.2, 0.25) is 0 Å². The van der Waals surface area contributed by atoms with Crippen LogP contribution in [0.5, 0.6) is 5.75 Å². The minimum atomic E-state index is 0.0766. The lowest BCUT2D eigenvalue weighted by Gasteiger charge is -2.41. The predicted octanol–water partition coefficient (Wildman–Crippen LogP) is 2.59. The van der Waals surface area contributed by atoms with Gasteiger partial charge in [-0.1, -0.05) is 26.0 Å². The number of ether oxygens (including phenoxy) is 2. The molecule has 2 N–H and O–H groups in total. The topological polar surface area (TPSA) is 47.7 Å². The van der Waals surface area contributed by atoms with E-state index in [-0.39, 0.29) is 12.1 Å². The van der Waals surface area contributed by atoms with Crippen LogP contribution in [0.3, 0.4) is 0 Å². The molecule has 21 heavy (non-hydrogen) atoms. The lowest BCUT2D eigenvalue weighted by Crippen LogP contribution is -2.48. The van der Waals surface area contributed by atoms with Crippen LogP contribution >= 0.6 is 0 Å². The molecule has 2 unspecified atom stereocenters. The van der Waals surface area contributed by atoms with Crippen molar-refractivity contribution in [2.24, 2.45) is 5.73 Å². The first-order valence-corrected chi connectivity index (χ1v) is 8.08.